The Balaban J connectivity index is 1.28. The van der Waals surface area contributed by atoms with Gasteiger partial charge in [-0.2, -0.15) is 5.10 Å². The number of hydrogen-bond donors (Lipinski definition) is 0. The molecule has 0 fully saturated rings. The summed E-state index contributed by atoms with van der Waals surface area (Å²) in [5, 5.41) is 7.41. The van der Waals surface area contributed by atoms with Crippen molar-refractivity contribution in [2.45, 2.75) is 93.4 Å². The molecule has 3 heterocycles. The molecule has 0 saturated carbocycles. The van der Waals surface area contributed by atoms with Gasteiger partial charge in [-0.25, -0.2) is 9.67 Å². The minimum absolute atomic E-state index is 0.00114. The van der Waals surface area contributed by atoms with Crippen molar-refractivity contribution >= 4 is 21.8 Å². The van der Waals surface area contributed by atoms with Crippen molar-refractivity contribution < 1.29 is 4.74 Å². The average Bonchev–Trinajstić information content (AvgIpc) is 3.58. The molecule has 0 spiro atoms. The molecule has 3 aromatic heterocycles. The summed E-state index contributed by atoms with van der Waals surface area (Å²) in [6.45, 7) is 20.1. The first-order valence-electron chi connectivity index (χ1n) is 18.7. The number of fused-ring (bicyclic) bond motifs is 3. The second kappa shape index (κ2) is 13.8. The maximum Gasteiger partial charge on any atom is 0.137 e. The Morgan fingerprint density at radius 3 is 2.23 bits per heavy atom. The SMILES string of the molecule is Cc1cc(Oc2ccc3c4cc(CCCCC(C)(C)C)ccc4n(-c4cc(C(C)(C)C)ccn4)c3c2)cc(-n2nc(C)c(-c3ccccc3)c2C)c1. The Bertz CT molecular complexity index is 2380. The molecule has 7 aromatic rings. The first-order valence-corrected chi connectivity index (χ1v) is 18.7. The van der Waals surface area contributed by atoms with E-state index in [2.05, 4.69) is 158 Å². The second-order valence-electron chi connectivity index (χ2n) is 16.7. The number of pyridine rings is 1. The Hall–Kier alpha value is -5.16. The molecule has 0 radical (unpaired) electrons. The zero-order valence-electron chi connectivity index (χ0n) is 32.3. The third kappa shape index (κ3) is 7.27. The van der Waals surface area contributed by atoms with Crippen molar-refractivity contribution in [3.05, 3.63) is 131 Å². The average molecular weight is 689 g/mol. The predicted octanol–water partition coefficient (Wildman–Crippen LogP) is 12.8. The smallest absolute Gasteiger partial charge is 0.137 e. The number of aromatic nitrogens is 4. The van der Waals surface area contributed by atoms with Crippen molar-refractivity contribution in [1.29, 1.82) is 0 Å². The van der Waals surface area contributed by atoms with Gasteiger partial charge in [-0.15, -0.1) is 0 Å². The number of benzene rings is 4. The van der Waals surface area contributed by atoms with E-state index in [9.17, 15) is 0 Å². The number of unbranched alkanes of at least 4 members (excludes halogenated alkanes) is 1. The van der Waals surface area contributed by atoms with Gasteiger partial charge in [0.25, 0.3) is 0 Å². The minimum Gasteiger partial charge on any atom is -0.457 e. The highest BCUT2D eigenvalue weighted by atomic mass is 16.5. The molecule has 0 atom stereocenters. The standard InChI is InChI=1S/C47H52N4O/c1-31-25-37(51-33(3)45(32(2)49-51)35-16-11-10-12-17-35)29-39(26-31)52-38-19-20-40-41-27-34(15-13-14-23-46(4,5)6)18-21-42(41)50(43(40)30-38)44-28-36(22-24-48-44)47(7,8)9/h10-12,16-22,24-30H,13-15,23H2,1-9H3. The number of aryl methyl sites for hydroxylation is 3. The van der Waals surface area contributed by atoms with Crippen LogP contribution in [0.1, 0.15) is 88.9 Å². The molecule has 5 nitrogen and oxygen atoms in total. The van der Waals surface area contributed by atoms with Crippen LogP contribution in [0.2, 0.25) is 0 Å². The summed E-state index contributed by atoms with van der Waals surface area (Å²) in [7, 11) is 0. The van der Waals surface area contributed by atoms with E-state index in [0.717, 1.165) is 57.4 Å². The summed E-state index contributed by atoms with van der Waals surface area (Å²) in [6, 6.07) is 34.6. The molecule has 7 rings (SSSR count). The van der Waals surface area contributed by atoms with Crippen molar-refractivity contribution in [2.24, 2.45) is 5.41 Å². The van der Waals surface area contributed by atoms with Crippen LogP contribution in [0.4, 0.5) is 0 Å². The predicted molar refractivity (Wildman–Crippen MR) is 218 cm³/mol. The van der Waals surface area contributed by atoms with E-state index in [4.69, 9.17) is 14.8 Å². The molecule has 266 valence electrons. The molecule has 0 amide bonds. The molecule has 52 heavy (non-hydrogen) atoms. The lowest BCUT2D eigenvalue weighted by molar-refractivity contribution is 0.360. The van der Waals surface area contributed by atoms with Crippen LogP contribution in [0.25, 0.3) is 44.4 Å². The molecule has 0 bridgehead atoms. The van der Waals surface area contributed by atoms with Gasteiger partial charge in [-0.1, -0.05) is 84.4 Å². The molecule has 0 N–H and O–H groups in total. The third-order valence-electron chi connectivity index (χ3n) is 10.2. The van der Waals surface area contributed by atoms with E-state index < -0.39 is 0 Å². The Labute approximate surface area is 309 Å². The summed E-state index contributed by atoms with van der Waals surface area (Å²) in [5.74, 6) is 2.47. The number of ether oxygens (including phenoxy) is 1. The molecular weight excluding hydrogens is 637 g/mol. The highest BCUT2D eigenvalue weighted by Crippen LogP contribution is 2.38. The van der Waals surface area contributed by atoms with Gasteiger partial charge in [0.2, 0.25) is 0 Å². The van der Waals surface area contributed by atoms with Crippen molar-refractivity contribution in [3.63, 3.8) is 0 Å². The van der Waals surface area contributed by atoms with E-state index in [0.29, 0.717) is 5.41 Å². The zero-order valence-corrected chi connectivity index (χ0v) is 32.3. The number of hydrogen-bond acceptors (Lipinski definition) is 3. The fourth-order valence-corrected chi connectivity index (χ4v) is 7.47. The first-order chi connectivity index (χ1) is 24.7. The van der Waals surface area contributed by atoms with Crippen molar-refractivity contribution in [1.82, 2.24) is 19.3 Å². The highest BCUT2D eigenvalue weighted by Gasteiger charge is 2.20. The fraction of sp³-hybridized carbons (Fsp3) is 0.319. The zero-order chi connectivity index (χ0) is 36.8. The van der Waals surface area contributed by atoms with Crippen LogP contribution in [0, 0.1) is 26.2 Å². The van der Waals surface area contributed by atoms with Gasteiger partial charge in [-0.3, -0.25) is 4.57 Å². The van der Waals surface area contributed by atoms with E-state index in [-0.39, 0.29) is 5.41 Å². The maximum atomic E-state index is 6.70. The van der Waals surface area contributed by atoms with Gasteiger partial charge in [0.1, 0.15) is 17.3 Å². The quantitative estimate of drug-likeness (QED) is 0.142. The van der Waals surface area contributed by atoms with E-state index >= 15 is 0 Å². The molecule has 5 heteroatoms. The van der Waals surface area contributed by atoms with Crippen LogP contribution in [0.5, 0.6) is 11.5 Å². The fourth-order valence-electron chi connectivity index (χ4n) is 7.47. The van der Waals surface area contributed by atoms with Crippen molar-refractivity contribution in [2.75, 3.05) is 0 Å². The molecular formula is C47H52N4O. The monoisotopic (exact) mass is 688 g/mol. The molecule has 0 aliphatic carbocycles. The summed E-state index contributed by atoms with van der Waals surface area (Å²) in [6.07, 6.45) is 6.69. The van der Waals surface area contributed by atoms with E-state index in [1.807, 2.05) is 16.9 Å². The minimum atomic E-state index is 0.00114. The van der Waals surface area contributed by atoms with Crippen LogP contribution in [-0.2, 0) is 11.8 Å². The van der Waals surface area contributed by atoms with Crippen LogP contribution >= 0.6 is 0 Å². The van der Waals surface area contributed by atoms with Crippen LogP contribution in [0.3, 0.4) is 0 Å². The normalized spacial score (nSPS) is 12.2. The lowest BCUT2D eigenvalue weighted by atomic mass is 9.88. The molecule has 0 aliphatic heterocycles. The van der Waals surface area contributed by atoms with E-state index in [1.165, 1.54) is 52.3 Å². The Morgan fingerprint density at radius 2 is 1.48 bits per heavy atom. The van der Waals surface area contributed by atoms with Crippen LogP contribution < -0.4 is 4.74 Å². The lowest BCUT2D eigenvalue weighted by Gasteiger charge is -2.20. The van der Waals surface area contributed by atoms with Crippen LogP contribution in [0.15, 0.2) is 103 Å². The van der Waals surface area contributed by atoms with Gasteiger partial charge >= 0.3 is 0 Å². The van der Waals surface area contributed by atoms with Crippen LogP contribution in [-0.4, -0.2) is 19.3 Å². The van der Waals surface area contributed by atoms with Gasteiger partial charge in [0.05, 0.1) is 22.4 Å². The van der Waals surface area contributed by atoms with Crippen molar-refractivity contribution in [3.8, 4) is 34.1 Å². The second-order valence-corrected chi connectivity index (χ2v) is 16.7. The van der Waals surface area contributed by atoms with Gasteiger partial charge in [0.15, 0.2) is 0 Å². The summed E-state index contributed by atoms with van der Waals surface area (Å²) >= 11 is 0. The topological polar surface area (TPSA) is 44.9 Å². The third-order valence-corrected chi connectivity index (χ3v) is 10.2. The first kappa shape index (κ1) is 35.3. The van der Waals surface area contributed by atoms with Gasteiger partial charge < -0.3 is 4.74 Å². The number of rotatable bonds is 9. The summed E-state index contributed by atoms with van der Waals surface area (Å²) in [4.78, 5) is 4.92. The summed E-state index contributed by atoms with van der Waals surface area (Å²) < 4.78 is 11.0. The number of nitrogens with zero attached hydrogens (tertiary/aromatic N) is 4. The van der Waals surface area contributed by atoms with Gasteiger partial charge in [0, 0.05) is 40.4 Å². The Morgan fingerprint density at radius 1 is 0.692 bits per heavy atom. The molecule has 0 unspecified atom stereocenters. The van der Waals surface area contributed by atoms with Gasteiger partial charge in [-0.05, 0) is 122 Å². The Kier molecular flexibility index (Phi) is 9.33. The summed E-state index contributed by atoms with van der Waals surface area (Å²) in [5.41, 5.74) is 11.8. The largest absolute Gasteiger partial charge is 0.457 e. The lowest BCUT2D eigenvalue weighted by Crippen LogP contribution is -2.12. The molecule has 0 aliphatic rings. The maximum absolute atomic E-state index is 6.70. The van der Waals surface area contributed by atoms with E-state index in [1.54, 1.807) is 0 Å². The highest BCUT2D eigenvalue weighted by molar-refractivity contribution is 6.09. The molecule has 0 saturated heterocycles. The molecule has 4 aromatic carbocycles.